The summed E-state index contributed by atoms with van der Waals surface area (Å²) in [5, 5.41) is 3.81. The smallest absolute Gasteiger partial charge is 0.396 e. The summed E-state index contributed by atoms with van der Waals surface area (Å²) in [5.74, 6) is -0.832. The number of carbonyl (C=O) groups is 1. The second-order valence-corrected chi connectivity index (χ2v) is 4.50. The zero-order chi connectivity index (χ0) is 16.0. The summed E-state index contributed by atoms with van der Waals surface area (Å²) in [5.41, 5.74) is 5.47. The first-order valence-electron chi connectivity index (χ1n) is 6.47. The van der Waals surface area contributed by atoms with Gasteiger partial charge in [-0.2, -0.15) is 18.3 Å². The van der Waals surface area contributed by atoms with E-state index < -0.39 is 18.6 Å². The molecule has 1 aromatic heterocycles. The lowest BCUT2D eigenvalue weighted by Crippen LogP contribution is -2.40. The maximum Gasteiger partial charge on any atom is 0.406 e. The highest BCUT2D eigenvalue weighted by molar-refractivity contribution is 5.97. The quantitative estimate of drug-likeness (QED) is 0.773. The highest BCUT2D eigenvalue weighted by Gasteiger charge is 2.34. The summed E-state index contributed by atoms with van der Waals surface area (Å²) in [7, 11) is 1.54. The summed E-state index contributed by atoms with van der Waals surface area (Å²) in [6, 6.07) is 0. The van der Waals surface area contributed by atoms with E-state index in [9.17, 15) is 18.0 Å². The number of nitrogen functional groups attached to an aromatic ring is 1. The van der Waals surface area contributed by atoms with Gasteiger partial charge < -0.3 is 15.4 Å². The van der Waals surface area contributed by atoms with Gasteiger partial charge in [0.1, 0.15) is 6.54 Å². The molecule has 0 aliphatic rings. The minimum absolute atomic E-state index is 0.0551. The van der Waals surface area contributed by atoms with Crippen LogP contribution < -0.4 is 5.73 Å². The number of halogens is 3. The number of hydrogen-bond acceptors (Lipinski definition) is 4. The average molecular weight is 308 g/mol. The zero-order valence-electron chi connectivity index (χ0n) is 12.0. The molecule has 120 valence electrons. The number of aryl methyl sites for hydroxylation is 1. The highest BCUT2D eigenvalue weighted by atomic mass is 19.4. The van der Waals surface area contributed by atoms with Crippen molar-refractivity contribution in [2.75, 3.05) is 32.0 Å². The Balaban J connectivity index is 2.79. The number of amides is 1. The van der Waals surface area contributed by atoms with E-state index in [1.807, 2.05) is 0 Å². The van der Waals surface area contributed by atoms with Crippen LogP contribution in [0.25, 0.3) is 0 Å². The van der Waals surface area contributed by atoms with Crippen molar-refractivity contribution in [2.24, 2.45) is 7.05 Å². The molecular weight excluding hydrogens is 289 g/mol. The van der Waals surface area contributed by atoms with Crippen LogP contribution >= 0.6 is 0 Å². The lowest BCUT2D eigenvalue weighted by atomic mass is 10.3. The van der Waals surface area contributed by atoms with Gasteiger partial charge in [-0.15, -0.1) is 0 Å². The van der Waals surface area contributed by atoms with Crippen LogP contribution in [0.1, 0.15) is 23.8 Å². The molecule has 1 rings (SSSR count). The van der Waals surface area contributed by atoms with E-state index in [-0.39, 0.29) is 24.5 Å². The molecule has 0 saturated heterocycles. The van der Waals surface area contributed by atoms with Gasteiger partial charge in [0.25, 0.3) is 5.91 Å². The van der Waals surface area contributed by atoms with Gasteiger partial charge in [0.05, 0.1) is 5.69 Å². The van der Waals surface area contributed by atoms with E-state index in [2.05, 4.69) is 5.10 Å². The summed E-state index contributed by atoms with van der Waals surface area (Å²) in [4.78, 5) is 12.8. The Kier molecular flexibility index (Phi) is 6.01. The van der Waals surface area contributed by atoms with Gasteiger partial charge in [-0.3, -0.25) is 9.48 Å². The Morgan fingerprint density at radius 3 is 2.67 bits per heavy atom. The van der Waals surface area contributed by atoms with Gasteiger partial charge in [0.2, 0.25) is 0 Å². The Bertz CT molecular complexity index is 474. The normalized spacial score (nSPS) is 11.7. The predicted octanol–water partition coefficient (Wildman–Crippen LogP) is 1.43. The highest BCUT2D eigenvalue weighted by Crippen LogP contribution is 2.19. The third kappa shape index (κ3) is 5.62. The molecule has 0 saturated carbocycles. The molecule has 0 aliphatic heterocycles. The third-order valence-corrected chi connectivity index (χ3v) is 2.64. The first-order chi connectivity index (χ1) is 9.74. The molecule has 1 heterocycles. The van der Waals surface area contributed by atoms with Gasteiger partial charge >= 0.3 is 6.18 Å². The minimum Gasteiger partial charge on any atom is -0.396 e. The van der Waals surface area contributed by atoms with Crippen LogP contribution in [0.2, 0.25) is 0 Å². The van der Waals surface area contributed by atoms with Crippen LogP contribution in [0.3, 0.4) is 0 Å². The molecule has 1 amide bonds. The van der Waals surface area contributed by atoms with E-state index >= 15 is 0 Å². The molecular formula is C12H19F3N4O2. The molecule has 0 fully saturated rings. The largest absolute Gasteiger partial charge is 0.406 e. The molecule has 9 heteroatoms. The van der Waals surface area contributed by atoms with Crippen molar-refractivity contribution in [3.63, 3.8) is 0 Å². The maximum atomic E-state index is 12.6. The van der Waals surface area contributed by atoms with Crippen molar-refractivity contribution < 1.29 is 22.7 Å². The van der Waals surface area contributed by atoms with Crippen molar-refractivity contribution in [1.82, 2.24) is 14.7 Å². The molecule has 21 heavy (non-hydrogen) atoms. The van der Waals surface area contributed by atoms with Crippen LogP contribution in [0, 0.1) is 0 Å². The molecule has 0 spiro atoms. The lowest BCUT2D eigenvalue weighted by Gasteiger charge is -2.23. The molecule has 2 N–H and O–H groups in total. The number of anilines is 1. The molecule has 0 bridgehead atoms. The SMILES string of the molecule is CCOCCCN(CC(F)(F)F)C(=O)c1nn(C)cc1N. The molecule has 1 aromatic rings. The fourth-order valence-corrected chi connectivity index (χ4v) is 1.79. The number of nitrogens with zero attached hydrogens (tertiary/aromatic N) is 3. The second kappa shape index (κ2) is 7.30. The summed E-state index contributed by atoms with van der Waals surface area (Å²) < 4.78 is 44.1. The van der Waals surface area contributed by atoms with E-state index in [4.69, 9.17) is 10.5 Å². The van der Waals surface area contributed by atoms with Crippen molar-refractivity contribution in [2.45, 2.75) is 19.5 Å². The average Bonchev–Trinajstić information content (AvgIpc) is 2.70. The standard InChI is InChI=1S/C12H19F3N4O2/c1-3-21-6-4-5-19(8-12(13,14)15)11(20)10-9(16)7-18(2)17-10/h7H,3-6,8,16H2,1-2H3. The van der Waals surface area contributed by atoms with Crippen molar-refractivity contribution in [3.8, 4) is 0 Å². The molecule has 0 unspecified atom stereocenters. The van der Waals surface area contributed by atoms with Gasteiger partial charge in [-0.1, -0.05) is 0 Å². The summed E-state index contributed by atoms with van der Waals surface area (Å²) >= 11 is 0. The van der Waals surface area contributed by atoms with Crippen molar-refractivity contribution >= 4 is 11.6 Å². The van der Waals surface area contributed by atoms with Gasteiger partial charge in [0.15, 0.2) is 5.69 Å². The van der Waals surface area contributed by atoms with Crippen LogP contribution in [-0.2, 0) is 11.8 Å². The zero-order valence-corrected chi connectivity index (χ0v) is 12.0. The molecule has 0 atom stereocenters. The number of nitrogens with two attached hydrogens (primary N) is 1. The Morgan fingerprint density at radius 1 is 1.52 bits per heavy atom. The lowest BCUT2D eigenvalue weighted by molar-refractivity contribution is -0.141. The Hall–Kier alpha value is -1.77. The topological polar surface area (TPSA) is 73.4 Å². The van der Waals surface area contributed by atoms with Crippen molar-refractivity contribution in [3.05, 3.63) is 11.9 Å². The summed E-state index contributed by atoms with van der Waals surface area (Å²) in [6.07, 6.45) is -2.80. The number of rotatable bonds is 7. The number of aromatic nitrogens is 2. The number of hydrogen-bond donors (Lipinski definition) is 1. The van der Waals surface area contributed by atoms with Crippen molar-refractivity contribution in [1.29, 1.82) is 0 Å². The minimum atomic E-state index is -4.48. The van der Waals surface area contributed by atoms with Crippen LogP contribution in [-0.4, -0.2) is 53.1 Å². The number of ether oxygens (including phenoxy) is 1. The van der Waals surface area contributed by atoms with Gasteiger partial charge in [0, 0.05) is 33.0 Å². The van der Waals surface area contributed by atoms with E-state index in [1.165, 1.54) is 17.9 Å². The second-order valence-electron chi connectivity index (χ2n) is 4.50. The van der Waals surface area contributed by atoms with Gasteiger partial charge in [-0.25, -0.2) is 0 Å². The Labute approximate surface area is 120 Å². The fraction of sp³-hybridized carbons (Fsp3) is 0.667. The predicted molar refractivity (Wildman–Crippen MR) is 70.7 cm³/mol. The maximum absolute atomic E-state index is 12.6. The third-order valence-electron chi connectivity index (χ3n) is 2.64. The molecule has 6 nitrogen and oxygen atoms in total. The summed E-state index contributed by atoms with van der Waals surface area (Å²) in [6.45, 7) is 1.13. The fourth-order valence-electron chi connectivity index (χ4n) is 1.79. The molecule has 0 aromatic carbocycles. The monoisotopic (exact) mass is 308 g/mol. The van der Waals surface area contributed by atoms with E-state index in [0.29, 0.717) is 17.9 Å². The van der Waals surface area contributed by atoms with E-state index in [0.717, 1.165) is 0 Å². The van der Waals surface area contributed by atoms with Crippen LogP contribution in [0.4, 0.5) is 18.9 Å². The molecule has 0 radical (unpaired) electrons. The molecule has 0 aliphatic carbocycles. The number of alkyl halides is 3. The van der Waals surface area contributed by atoms with Crippen LogP contribution in [0.5, 0.6) is 0 Å². The number of carbonyl (C=O) groups excluding carboxylic acids is 1. The Morgan fingerprint density at radius 2 is 2.19 bits per heavy atom. The first kappa shape index (κ1) is 17.3. The first-order valence-corrected chi connectivity index (χ1v) is 6.47. The van der Waals surface area contributed by atoms with Crippen LogP contribution in [0.15, 0.2) is 6.20 Å². The van der Waals surface area contributed by atoms with E-state index in [1.54, 1.807) is 6.92 Å². The van der Waals surface area contributed by atoms with Gasteiger partial charge in [-0.05, 0) is 13.3 Å².